The maximum Gasteiger partial charge on any atom is 0.115 e. The molecule has 0 amide bonds. The molecule has 92 valence electrons. The Kier molecular flexibility index (Phi) is 2.42. The zero-order valence-electron chi connectivity index (χ0n) is 10.4. The Bertz CT molecular complexity index is 576. The fourth-order valence-electron chi connectivity index (χ4n) is 2.79. The van der Waals surface area contributed by atoms with Gasteiger partial charge in [0.1, 0.15) is 5.75 Å². The first-order valence-electron chi connectivity index (χ1n) is 6.25. The zero-order chi connectivity index (χ0) is 12.8. The van der Waals surface area contributed by atoms with E-state index in [2.05, 4.69) is 19.1 Å². The molecule has 3 N–H and O–H groups in total. The van der Waals surface area contributed by atoms with E-state index in [-0.39, 0.29) is 5.54 Å². The van der Waals surface area contributed by atoms with Crippen molar-refractivity contribution in [1.82, 2.24) is 0 Å². The summed E-state index contributed by atoms with van der Waals surface area (Å²) in [5, 5.41) is 9.32. The van der Waals surface area contributed by atoms with Crippen LogP contribution in [0.15, 0.2) is 48.5 Å². The minimum atomic E-state index is -0.234. The molecule has 0 bridgehead atoms. The molecule has 18 heavy (non-hydrogen) atoms. The van der Waals surface area contributed by atoms with Crippen molar-refractivity contribution >= 4 is 0 Å². The third-order valence-corrected chi connectivity index (χ3v) is 3.95. The van der Waals surface area contributed by atoms with Crippen LogP contribution in [0.5, 0.6) is 5.75 Å². The molecule has 1 saturated carbocycles. The van der Waals surface area contributed by atoms with Gasteiger partial charge < -0.3 is 10.8 Å². The smallest absolute Gasteiger partial charge is 0.115 e. The van der Waals surface area contributed by atoms with Crippen LogP contribution in [0.1, 0.15) is 29.0 Å². The molecule has 2 aromatic carbocycles. The van der Waals surface area contributed by atoms with Gasteiger partial charge in [0.2, 0.25) is 0 Å². The van der Waals surface area contributed by atoms with Crippen LogP contribution >= 0.6 is 0 Å². The second-order valence-electron chi connectivity index (χ2n) is 5.20. The number of nitrogens with two attached hydrogens (primary N) is 1. The molecule has 0 aromatic heterocycles. The van der Waals surface area contributed by atoms with Crippen LogP contribution in [0.2, 0.25) is 0 Å². The predicted molar refractivity (Wildman–Crippen MR) is 72.5 cm³/mol. The quantitative estimate of drug-likeness (QED) is 0.846. The van der Waals surface area contributed by atoms with Gasteiger partial charge >= 0.3 is 0 Å². The van der Waals surface area contributed by atoms with Crippen LogP contribution in [-0.4, -0.2) is 5.11 Å². The van der Waals surface area contributed by atoms with Crippen molar-refractivity contribution in [2.75, 3.05) is 0 Å². The Morgan fingerprint density at radius 2 is 1.78 bits per heavy atom. The normalized spacial score (nSPS) is 26.0. The van der Waals surface area contributed by atoms with E-state index >= 15 is 0 Å². The van der Waals surface area contributed by atoms with E-state index in [9.17, 15) is 5.11 Å². The Morgan fingerprint density at radius 1 is 1.11 bits per heavy atom. The van der Waals surface area contributed by atoms with Gasteiger partial charge in [-0.05, 0) is 42.2 Å². The number of aryl methyl sites for hydroxylation is 1. The summed E-state index contributed by atoms with van der Waals surface area (Å²) in [6, 6.07) is 15.7. The lowest BCUT2D eigenvalue weighted by Gasteiger charge is -2.15. The van der Waals surface area contributed by atoms with Crippen molar-refractivity contribution in [1.29, 1.82) is 0 Å². The topological polar surface area (TPSA) is 46.2 Å². The lowest BCUT2D eigenvalue weighted by atomic mass is 9.96. The minimum absolute atomic E-state index is 0.234. The summed E-state index contributed by atoms with van der Waals surface area (Å²) >= 11 is 0. The summed E-state index contributed by atoms with van der Waals surface area (Å²) < 4.78 is 0. The Morgan fingerprint density at radius 3 is 2.44 bits per heavy atom. The highest BCUT2D eigenvalue weighted by Gasteiger charge is 2.53. The van der Waals surface area contributed by atoms with E-state index in [1.54, 1.807) is 12.1 Å². The van der Waals surface area contributed by atoms with Gasteiger partial charge in [-0.2, -0.15) is 0 Å². The molecule has 0 saturated heterocycles. The number of hydrogen-bond donors (Lipinski definition) is 2. The summed E-state index contributed by atoms with van der Waals surface area (Å²) in [6.45, 7) is 2.11. The highest BCUT2D eigenvalue weighted by atomic mass is 16.3. The predicted octanol–water partition coefficient (Wildman–Crippen LogP) is 3.04. The summed E-state index contributed by atoms with van der Waals surface area (Å²) in [5.74, 6) is 0.664. The fourth-order valence-corrected chi connectivity index (χ4v) is 2.79. The second kappa shape index (κ2) is 3.85. The average Bonchev–Trinajstić information content (AvgIpc) is 3.04. The summed E-state index contributed by atoms with van der Waals surface area (Å²) in [6.07, 6.45) is 0.975. The first kappa shape index (κ1) is 11.3. The van der Waals surface area contributed by atoms with E-state index < -0.39 is 0 Å². The molecule has 0 radical (unpaired) electrons. The number of aromatic hydroxyl groups is 1. The number of rotatable bonds is 2. The van der Waals surface area contributed by atoms with Gasteiger partial charge in [0.15, 0.2) is 0 Å². The summed E-state index contributed by atoms with van der Waals surface area (Å²) in [5.41, 5.74) is 9.98. The molecule has 1 aliphatic carbocycles. The van der Waals surface area contributed by atoms with Crippen molar-refractivity contribution in [3.63, 3.8) is 0 Å². The van der Waals surface area contributed by atoms with Gasteiger partial charge in [-0.3, -0.25) is 0 Å². The van der Waals surface area contributed by atoms with Crippen molar-refractivity contribution < 1.29 is 5.11 Å². The standard InChI is InChI=1S/C16H17NO/c1-11-4-2-3-5-14(11)16(17)10-15(16)12-6-8-13(18)9-7-12/h2-9,15,18H,10,17H2,1H3. The van der Waals surface area contributed by atoms with E-state index in [0.717, 1.165) is 6.42 Å². The van der Waals surface area contributed by atoms with Gasteiger partial charge in [0.05, 0.1) is 0 Å². The summed E-state index contributed by atoms with van der Waals surface area (Å²) in [7, 11) is 0. The van der Waals surface area contributed by atoms with Crippen LogP contribution in [-0.2, 0) is 5.54 Å². The highest BCUT2D eigenvalue weighted by Crippen LogP contribution is 2.57. The fraction of sp³-hybridized carbons (Fsp3) is 0.250. The molecule has 1 fully saturated rings. The monoisotopic (exact) mass is 239 g/mol. The number of phenols is 1. The van der Waals surface area contributed by atoms with E-state index in [1.165, 1.54) is 16.7 Å². The summed E-state index contributed by atoms with van der Waals surface area (Å²) in [4.78, 5) is 0. The van der Waals surface area contributed by atoms with Gasteiger partial charge in [-0.25, -0.2) is 0 Å². The largest absolute Gasteiger partial charge is 0.508 e. The van der Waals surface area contributed by atoms with Crippen LogP contribution in [0.25, 0.3) is 0 Å². The van der Waals surface area contributed by atoms with Gasteiger partial charge in [-0.15, -0.1) is 0 Å². The molecule has 3 rings (SSSR count). The number of hydrogen-bond acceptors (Lipinski definition) is 2. The Hall–Kier alpha value is -1.80. The van der Waals surface area contributed by atoms with Gasteiger partial charge in [0, 0.05) is 11.5 Å². The first-order valence-corrected chi connectivity index (χ1v) is 6.25. The van der Waals surface area contributed by atoms with Gasteiger partial charge in [-0.1, -0.05) is 36.4 Å². The molecule has 0 aliphatic heterocycles. The van der Waals surface area contributed by atoms with E-state index in [0.29, 0.717) is 11.7 Å². The molecule has 2 atom stereocenters. The lowest BCUT2D eigenvalue weighted by Crippen LogP contribution is -2.22. The molecule has 0 heterocycles. The van der Waals surface area contributed by atoms with Crippen LogP contribution in [0.4, 0.5) is 0 Å². The molecule has 0 spiro atoms. The molecule has 2 aromatic rings. The molecule has 2 heteroatoms. The van der Waals surface area contributed by atoms with E-state index in [1.807, 2.05) is 24.3 Å². The molecule has 2 nitrogen and oxygen atoms in total. The zero-order valence-corrected chi connectivity index (χ0v) is 10.4. The minimum Gasteiger partial charge on any atom is -0.508 e. The SMILES string of the molecule is Cc1ccccc1C1(N)CC1c1ccc(O)cc1. The van der Waals surface area contributed by atoms with Crippen LogP contribution in [0.3, 0.4) is 0 Å². The number of phenolic OH excluding ortho intramolecular Hbond substituents is 1. The van der Waals surface area contributed by atoms with Crippen molar-refractivity contribution in [3.8, 4) is 5.75 Å². The van der Waals surface area contributed by atoms with Crippen molar-refractivity contribution in [3.05, 3.63) is 65.2 Å². The van der Waals surface area contributed by atoms with Gasteiger partial charge in [0.25, 0.3) is 0 Å². The van der Waals surface area contributed by atoms with Crippen molar-refractivity contribution in [2.24, 2.45) is 5.73 Å². The Labute approximate surface area is 107 Å². The lowest BCUT2D eigenvalue weighted by molar-refractivity contribution is 0.475. The van der Waals surface area contributed by atoms with E-state index in [4.69, 9.17) is 5.73 Å². The third kappa shape index (κ3) is 1.70. The Balaban J connectivity index is 1.92. The van der Waals surface area contributed by atoms with Crippen molar-refractivity contribution in [2.45, 2.75) is 24.8 Å². The highest BCUT2D eigenvalue weighted by molar-refractivity contribution is 5.45. The first-order chi connectivity index (χ1) is 8.61. The maximum atomic E-state index is 9.32. The van der Waals surface area contributed by atoms with Crippen LogP contribution < -0.4 is 5.73 Å². The molecular weight excluding hydrogens is 222 g/mol. The number of benzene rings is 2. The molecule has 1 aliphatic rings. The van der Waals surface area contributed by atoms with Crippen LogP contribution in [0, 0.1) is 6.92 Å². The maximum absolute atomic E-state index is 9.32. The molecular formula is C16H17NO. The second-order valence-corrected chi connectivity index (χ2v) is 5.20. The molecule has 2 unspecified atom stereocenters. The third-order valence-electron chi connectivity index (χ3n) is 3.95. The average molecular weight is 239 g/mol.